The van der Waals surface area contributed by atoms with E-state index in [1.807, 2.05) is 12.1 Å². The summed E-state index contributed by atoms with van der Waals surface area (Å²) in [6.45, 7) is 0.396. The van der Waals surface area contributed by atoms with Crippen LogP contribution in [0.15, 0.2) is 33.9 Å². The first kappa shape index (κ1) is 13.3. The second-order valence-corrected chi connectivity index (χ2v) is 4.14. The van der Waals surface area contributed by atoms with Crippen molar-refractivity contribution in [2.75, 3.05) is 6.54 Å². The minimum atomic E-state index is -0.963. The van der Waals surface area contributed by atoms with E-state index >= 15 is 0 Å². The predicted octanol–water partition coefficient (Wildman–Crippen LogP) is 3.86. The molecule has 1 aromatic carbocycles. The molecular weight excluding hydrogens is 286 g/mol. The molecule has 0 aromatic heterocycles. The van der Waals surface area contributed by atoms with Crippen molar-refractivity contribution in [3.05, 3.63) is 50.3 Å². The topological polar surface area (TPSA) is 86.1 Å². The molecule has 0 amide bonds. The van der Waals surface area contributed by atoms with Gasteiger partial charge in [-0.25, -0.2) is 4.79 Å². The molecule has 5 nitrogen and oxygen atoms in total. The highest BCUT2D eigenvalue weighted by molar-refractivity contribution is 9.10. The number of azide groups is 1. The summed E-state index contributed by atoms with van der Waals surface area (Å²) in [5.74, 6) is -0.963. The van der Waals surface area contributed by atoms with Gasteiger partial charge in [-0.1, -0.05) is 33.2 Å². The Morgan fingerprint density at radius 2 is 2.29 bits per heavy atom. The van der Waals surface area contributed by atoms with Crippen LogP contribution in [0.1, 0.15) is 22.3 Å². The summed E-state index contributed by atoms with van der Waals surface area (Å²) in [6.07, 6.45) is 4.26. The molecule has 6 heteroatoms. The van der Waals surface area contributed by atoms with Crippen LogP contribution in [0.25, 0.3) is 16.5 Å². The molecule has 0 aliphatic carbocycles. The first-order valence-electron chi connectivity index (χ1n) is 4.85. The van der Waals surface area contributed by atoms with Crippen LogP contribution in [0.5, 0.6) is 0 Å². The summed E-state index contributed by atoms with van der Waals surface area (Å²) in [4.78, 5) is 13.5. The van der Waals surface area contributed by atoms with E-state index in [2.05, 4.69) is 26.0 Å². The zero-order chi connectivity index (χ0) is 12.7. The molecule has 0 heterocycles. The highest BCUT2D eigenvalue weighted by Gasteiger charge is 2.04. The second-order valence-electron chi connectivity index (χ2n) is 3.22. The summed E-state index contributed by atoms with van der Waals surface area (Å²) >= 11 is 3.25. The number of rotatable bonds is 5. The average molecular weight is 296 g/mol. The van der Waals surface area contributed by atoms with Gasteiger partial charge >= 0.3 is 5.97 Å². The lowest BCUT2D eigenvalue weighted by atomic mass is 10.1. The normalized spacial score (nSPS) is 10.2. The van der Waals surface area contributed by atoms with Gasteiger partial charge in [-0.05, 0) is 35.7 Å². The van der Waals surface area contributed by atoms with Gasteiger partial charge in [-0.3, -0.25) is 0 Å². The first-order chi connectivity index (χ1) is 8.13. The zero-order valence-electron chi connectivity index (χ0n) is 8.88. The Kier molecular flexibility index (Phi) is 5.26. The Morgan fingerprint density at radius 1 is 1.53 bits per heavy atom. The van der Waals surface area contributed by atoms with Crippen LogP contribution in [0, 0.1) is 0 Å². The summed E-state index contributed by atoms with van der Waals surface area (Å²) in [7, 11) is 0. The molecule has 0 radical (unpaired) electrons. The van der Waals surface area contributed by atoms with Crippen molar-refractivity contribution in [1.82, 2.24) is 0 Å². The minimum Gasteiger partial charge on any atom is -0.478 e. The number of halogens is 1. The molecule has 0 fully saturated rings. The number of nitrogens with zero attached hydrogens (tertiary/aromatic N) is 3. The van der Waals surface area contributed by atoms with Crippen molar-refractivity contribution in [3.63, 3.8) is 0 Å². The predicted molar refractivity (Wildman–Crippen MR) is 68.8 cm³/mol. The van der Waals surface area contributed by atoms with Crippen LogP contribution in [-0.4, -0.2) is 17.6 Å². The Bertz CT molecular complexity index is 493. The summed E-state index contributed by atoms with van der Waals surface area (Å²) < 4.78 is 0.715. The number of carbonyl (C=O) groups is 1. The highest BCUT2D eigenvalue weighted by Crippen LogP contribution is 2.17. The number of carboxylic acid groups (broad SMARTS) is 1. The van der Waals surface area contributed by atoms with Gasteiger partial charge in [0.25, 0.3) is 0 Å². The lowest BCUT2D eigenvalue weighted by molar-refractivity contribution is 0.0697. The number of benzene rings is 1. The molecule has 88 valence electrons. The molecule has 0 spiro atoms. The van der Waals surface area contributed by atoms with Crippen LogP contribution in [0.2, 0.25) is 0 Å². The lowest BCUT2D eigenvalue weighted by Gasteiger charge is -1.99. The fraction of sp³-hybridized carbons (Fsp3) is 0.182. The van der Waals surface area contributed by atoms with E-state index in [0.29, 0.717) is 17.4 Å². The van der Waals surface area contributed by atoms with Gasteiger partial charge in [0.15, 0.2) is 0 Å². The standard InChI is InChI=1S/C11H10BrN3O2/c12-10-6-8(3-1-2-4-14-15-13)5-9(7-10)11(16)17/h1,3,5-7H,2,4H2,(H,16,17). The van der Waals surface area contributed by atoms with Crippen molar-refractivity contribution in [2.45, 2.75) is 6.42 Å². The summed E-state index contributed by atoms with van der Waals surface area (Å²) in [5, 5.41) is 12.3. The minimum absolute atomic E-state index is 0.231. The van der Waals surface area contributed by atoms with Gasteiger partial charge in [0.2, 0.25) is 0 Å². The molecule has 0 unspecified atom stereocenters. The van der Waals surface area contributed by atoms with Crippen molar-refractivity contribution >= 4 is 28.0 Å². The molecule has 0 saturated heterocycles. The number of hydrogen-bond acceptors (Lipinski definition) is 2. The third-order valence-corrected chi connectivity index (χ3v) is 2.39. The molecule has 1 rings (SSSR count). The Balaban J connectivity index is 2.77. The van der Waals surface area contributed by atoms with Crippen LogP contribution in [0.3, 0.4) is 0 Å². The van der Waals surface area contributed by atoms with Gasteiger partial charge in [-0.15, -0.1) is 0 Å². The highest BCUT2D eigenvalue weighted by atomic mass is 79.9. The molecule has 0 atom stereocenters. The van der Waals surface area contributed by atoms with Gasteiger partial charge in [0.05, 0.1) is 5.56 Å². The van der Waals surface area contributed by atoms with Crippen LogP contribution >= 0.6 is 15.9 Å². The smallest absolute Gasteiger partial charge is 0.335 e. The maximum atomic E-state index is 10.8. The molecule has 1 N–H and O–H groups in total. The maximum absolute atomic E-state index is 10.8. The molecule has 0 aliphatic rings. The number of hydrogen-bond donors (Lipinski definition) is 1. The van der Waals surface area contributed by atoms with Gasteiger partial charge in [-0.2, -0.15) is 0 Å². The Hall–Kier alpha value is -1.78. The maximum Gasteiger partial charge on any atom is 0.335 e. The van der Waals surface area contributed by atoms with E-state index in [4.69, 9.17) is 10.6 Å². The van der Waals surface area contributed by atoms with E-state index in [-0.39, 0.29) is 5.56 Å². The van der Waals surface area contributed by atoms with Gasteiger partial charge < -0.3 is 5.11 Å². The fourth-order valence-electron chi connectivity index (χ4n) is 1.23. The quantitative estimate of drug-likeness (QED) is 0.387. The third kappa shape index (κ3) is 4.72. The molecule has 0 aliphatic heterocycles. The largest absolute Gasteiger partial charge is 0.478 e. The SMILES string of the molecule is [N-]=[N+]=NCCC=Cc1cc(Br)cc(C(=O)O)c1. The van der Waals surface area contributed by atoms with Crippen molar-refractivity contribution in [1.29, 1.82) is 0 Å². The van der Waals surface area contributed by atoms with E-state index in [1.165, 1.54) is 0 Å². The summed E-state index contributed by atoms with van der Waals surface area (Å²) in [5.41, 5.74) is 9.10. The van der Waals surface area contributed by atoms with Crippen LogP contribution < -0.4 is 0 Å². The Labute approximate surface area is 107 Å². The molecule has 1 aromatic rings. The monoisotopic (exact) mass is 295 g/mol. The zero-order valence-corrected chi connectivity index (χ0v) is 10.5. The van der Waals surface area contributed by atoms with Crippen molar-refractivity contribution < 1.29 is 9.90 Å². The molecular formula is C11H10BrN3O2. The second kappa shape index (κ2) is 6.73. The van der Waals surface area contributed by atoms with Crippen LogP contribution in [0.4, 0.5) is 0 Å². The van der Waals surface area contributed by atoms with E-state index in [1.54, 1.807) is 18.2 Å². The summed E-state index contributed by atoms with van der Waals surface area (Å²) in [6, 6.07) is 4.94. The number of carboxylic acids is 1. The van der Waals surface area contributed by atoms with E-state index in [0.717, 1.165) is 5.56 Å². The van der Waals surface area contributed by atoms with Crippen LogP contribution in [-0.2, 0) is 0 Å². The van der Waals surface area contributed by atoms with E-state index < -0.39 is 5.97 Å². The van der Waals surface area contributed by atoms with Gasteiger partial charge in [0, 0.05) is 15.9 Å². The van der Waals surface area contributed by atoms with Crippen molar-refractivity contribution in [2.24, 2.45) is 5.11 Å². The fourth-order valence-corrected chi connectivity index (χ4v) is 1.74. The number of aromatic carboxylic acids is 1. The van der Waals surface area contributed by atoms with E-state index in [9.17, 15) is 4.79 Å². The first-order valence-corrected chi connectivity index (χ1v) is 5.64. The third-order valence-electron chi connectivity index (χ3n) is 1.94. The van der Waals surface area contributed by atoms with Crippen molar-refractivity contribution in [3.8, 4) is 0 Å². The lowest BCUT2D eigenvalue weighted by Crippen LogP contribution is -1.96. The van der Waals surface area contributed by atoms with Gasteiger partial charge in [0.1, 0.15) is 0 Å². The average Bonchev–Trinajstić information content (AvgIpc) is 2.28. The molecule has 17 heavy (non-hydrogen) atoms. The molecule has 0 bridgehead atoms. The molecule has 0 saturated carbocycles. The Morgan fingerprint density at radius 3 is 2.94 bits per heavy atom.